The van der Waals surface area contributed by atoms with Gasteiger partial charge in [0, 0.05) is 21.0 Å². The smallest absolute Gasteiger partial charge is 0.255 e. The Morgan fingerprint density at radius 1 is 0.962 bits per heavy atom. The predicted molar refractivity (Wildman–Crippen MR) is 106 cm³/mol. The van der Waals surface area contributed by atoms with Gasteiger partial charge in [-0.3, -0.25) is 4.79 Å². The van der Waals surface area contributed by atoms with E-state index in [1.807, 2.05) is 68.4 Å². The summed E-state index contributed by atoms with van der Waals surface area (Å²) in [6.45, 7) is 3.99. The lowest BCUT2D eigenvalue weighted by Gasteiger charge is -2.09. The number of hydrogen-bond donors (Lipinski definition) is 1. The highest BCUT2D eigenvalue weighted by Gasteiger charge is 2.10. The van der Waals surface area contributed by atoms with Crippen LogP contribution in [0.1, 0.15) is 27.0 Å². The summed E-state index contributed by atoms with van der Waals surface area (Å²) >= 11 is 1.54. The average molecular weight is 358 g/mol. The summed E-state index contributed by atoms with van der Waals surface area (Å²) in [5.74, 6) is -0.184. The van der Waals surface area contributed by atoms with Crippen LogP contribution in [-0.2, 0) is 0 Å². The van der Waals surface area contributed by atoms with Crippen molar-refractivity contribution in [2.24, 2.45) is 0 Å². The minimum atomic E-state index is -0.184. The molecule has 0 saturated heterocycles. The molecule has 128 valence electrons. The summed E-state index contributed by atoms with van der Waals surface area (Å²) in [5, 5.41) is 12.3. The average Bonchev–Trinajstić information content (AvgIpc) is 2.64. The van der Waals surface area contributed by atoms with Crippen LogP contribution in [0, 0.1) is 25.2 Å². The highest BCUT2D eigenvalue weighted by molar-refractivity contribution is 7.99. The van der Waals surface area contributed by atoms with Crippen LogP contribution in [0.2, 0.25) is 0 Å². The minimum absolute atomic E-state index is 0.184. The van der Waals surface area contributed by atoms with Crippen molar-refractivity contribution in [3.05, 3.63) is 89.0 Å². The Labute approximate surface area is 157 Å². The molecule has 0 aliphatic carbocycles. The van der Waals surface area contributed by atoms with Crippen molar-refractivity contribution >= 4 is 23.4 Å². The Balaban J connectivity index is 1.79. The second kappa shape index (κ2) is 7.90. The van der Waals surface area contributed by atoms with Crippen LogP contribution in [0.4, 0.5) is 5.69 Å². The molecular weight excluding hydrogens is 340 g/mol. The number of aryl methyl sites for hydroxylation is 2. The molecule has 0 saturated carbocycles. The maximum Gasteiger partial charge on any atom is 0.255 e. The monoisotopic (exact) mass is 358 g/mol. The van der Waals surface area contributed by atoms with Gasteiger partial charge >= 0.3 is 0 Å². The number of hydrogen-bond acceptors (Lipinski definition) is 3. The molecule has 0 atom stereocenters. The summed E-state index contributed by atoms with van der Waals surface area (Å²) < 4.78 is 0. The van der Waals surface area contributed by atoms with Gasteiger partial charge in [0.25, 0.3) is 5.91 Å². The molecule has 26 heavy (non-hydrogen) atoms. The molecule has 3 nitrogen and oxygen atoms in total. The van der Waals surface area contributed by atoms with E-state index in [9.17, 15) is 10.1 Å². The summed E-state index contributed by atoms with van der Waals surface area (Å²) in [6.07, 6.45) is 0. The van der Waals surface area contributed by atoms with Crippen molar-refractivity contribution in [2.75, 3.05) is 5.32 Å². The second-order valence-electron chi connectivity index (χ2n) is 6.06. The molecule has 3 aromatic carbocycles. The van der Waals surface area contributed by atoms with Gasteiger partial charge < -0.3 is 5.32 Å². The van der Waals surface area contributed by atoms with Crippen LogP contribution in [-0.4, -0.2) is 5.91 Å². The Morgan fingerprint density at radius 2 is 1.73 bits per heavy atom. The van der Waals surface area contributed by atoms with Gasteiger partial charge in [-0.2, -0.15) is 5.26 Å². The van der Waals surface area contributed by atoms with E-state index in [1.54, 1.807) is 12.1 Å². The van der Waals surface area contributed by atoms with E-state index in [4.69, 9.17) is 0 Å². The van der Waals surface area contributed by atoms with E-state index in [1.165, 1.54) is 17.3 Å². The Kier molecular flexibility index (Phi) is 5.40. The molecule has 0 radical (unpaired) electrons. The fraction of sp³-hybridized carbons (Fsp3) is 0.0909. The highest BCUT2D eigenvalue weighted by Crippen LogP contribution is 2.32. The van der Waals surface area contributed by atoms with Crippen molar-refractivity contribution in [3.8, 4) is 6.07 Å². The van der Waals surface area contributed by atoms with Gasteiger partial charge in [-0.15, -0.1) is 0 Å². The lowest BCUT2D eigenvalue weighted by Crippen LogP contribution is -2.12. The maximum absolute atomic E-state index is 12.4. The van der Waals surface area contributed by atoms with Crippen molar-refractivity contribution in [1.29, 1.82) is 5.26 Å². The first-order chi connectivity index (χ1) is 12.5. The van der Waals surface area contributed by atoms with Gasteiger partial charge in [0.1, 0.15) is 6.07 Å². The van der Waals surface area contributed by atoms with Crippen LogP contribution in [0.3, 0.4) is 0 Å². The van der Waals surface area contributed by atoms with E-state index >= 15 is 0 Å². The molecule has 0 bridgehead atoms. The Hall–Kier alpha value is -3.03. The van der Waals surface area contributed by atoms with Crippen LogP contribution in [0.15, 0.2) is 76.5 Å². The molecule has 0 unspecified atom stereocenters. The number of nitrogens with zero attached hydrogens (tertiary/aromatic N) is 1. The third-order valence-corrected chi connectivity index (χ3v) is 4.97. The molecule has 0 fully saturated rings. The van der Waals surface area contributed by atoms with Gasteiger partial charge in [-0.25, -0.2) is 0 Å². The fourth-order valence-corrected chi connectivity index (χ4v) is 3.38. The van der Waals surface area contributed by atoms with E-state index in [-0.39, 0.29) is 5.91 Å². The van der Waals surface area contributed by atoms with Crippen LogP contribution in [0.5, 0.6) is 0 Å². The minimum Gasteiger partial charge on any atom is -0.322 e. The summed E-state index contributed by atoms with van der Waals surface area (Å²) in [6, 6.07) is 23.2. The van der Waals surface area contributed by atoms with Gasteiger partial charge in [-0.1, -0.05) is 47.2 Å². The van der Waals surface area contributed by atoms with Crippen LogP contribution < -0.4 is 5.32 Å². The van der Waals surface area contributed by atoms with E-state index in [2.05, 4.69) is 11.4 Å². The molecule has 1 amide bonds. The van der Waals surface area contributed by atoms with Crippen LogP contribution in [0.25, 0.3) is 0 Å². The maximum atomic E-state index is 12.4. The molecule has 0 spiro atoms. The first kappa shape index (κ1) is 17.8. The standard InChI is InChI=1S/C22H18N2OS/c1-15-6-9-20(10-7-15)26-21-11-8-19(13-18(21)14-23)24-22(25)17-5-3-4-16(2)12-17/h3-13H,1-2H3,(H,24,25). The SMILES string of the molecule is Cc1ccc(Sc2ccc(NC(=O)c3cccc(C)c3)cc2C#N)cc1. The van der Waals surface area contributed by atoms with Crippen molar-refractivity contribution in [1.82, 2.24) is 0 Å². The number of benzene rings is 3. The number of carbonyl (C=O) groups is 1. The van der Waals surface area contributed by atoms with E-state index in [0.29, 0.717) is 16.8 Å². The van der Waals surface area contributed by atoms with Crippen molar-refractivity contribution in [3.63, 3.8) is 0 Å². The van der Waals surface area contributed by atoms with Gasteiger partial charge in [0.2, 0.25) is 0 Å². The largest absolute Gasteiger partial charge is 0.322 e. The Bertz CT molecular complexity index is 988. The van der Waals surface area contributed by atoms with Gasteiger partial charge in [0.15, 0.2) is 0 Å². The lowest BCUT2D eigenvalue weighted by molar-refractivity contribution is 0.102. The van der Waals surface area contributed by atoms with Gasteiger partial charge in [0.05, 0.1) is 5.56 Å². The Morgan fingerprint density at radius 3 is 2.42 bits per heavy atom. The zero-order chi connectivity index (χ0) is 18.5. The first-order valence-corrected chi connectivity index (χ1v) is 9.03. The molecule has 0 heterocycles. The predicted octanol–water partition coefficient (Wildman–Crippen LogP) is 5.58. The molecule has 0 aromatic heterocycles. The topological polar surface area (TPSA) is 52.9 Å². The molecular formula is C22H18N2OS. The molecule has 0 aliphatic heterocycles. The number of nitrogens with one attached hydrogen (secondary N) is 1. The number of anilines is 1. The number of carbonyl (C=O) groups excluding carboxylic acids is 1. The highest BCUT2D eigenvalue weighted by atomic mass is 32.2. The molecule has 3 aromatic rings. The van der Waals surface area contributed by atoms with Crippen LogP contribution >= 0.6 is 11.8 Å². The van der Waals surface area contributed by atoms with E-state index in [0.717, 1.165) is 15.4 Å². The van der Waals surface area contributed by atoms with E-state index < -0.39 is 0 Å². The first-order valence-electron chi connectivity index (χ1n) is 8.22. The quantitative estimate of drug-likeness (QED) is 0.662. The molecule has 4 heteroatoms. The second-order valence-corrected chi connectivity index (χ2v) is 7.18. The van der Waals surface area contributed by atoms with Gasteiger partial charge in [-0.05, 0) is 56.3 Å². The number of amides is 1. The summed E-state index contributed by atoms with van der Waals surface area (Å²) in [4.78, 5) is 14.3. The molecule has 1 N–H and O–H groups in total. The summed E-state index contributed by atoms with van der Waals surface area (Å²) in [5.41, 5.74) is 3.98. The zero-order valence-electron chi connectivity index (χ0n) is 14.6. The zero-order valence-corrected chi connectivity index (χ0v) is 15.4. The number of nitriles is 1. The third kappa shape index (κ3) is 4.33. The molecule has 3 rings (SSSR count). The lowest BCUT2D eigenvalue weighted by atomic mass is 10.1. The third-order valence-electron chi connectivity index (χ3n) is 3.89. The normalized spacial score (nSPS) is 10.2. The summed E-state index contributed by atoms with van der Waals surface area (Å²) in [7, 11) is 0. The van der Waals surface area contributed by atoms with Crippen molar-refractivity contribution in [2.45, 2.75) is 23.6 Å². The number of rotatable bonds is 4. The van der Waals surface area contributed by atoms with Crippen molar-refractivity contribution < 1.29 is 4.79 Å². The fourth-order valence-electron chi connectivity index (χ4n) is 2.51. The molecule has 0 aliphatic rings.